The Morgan fingerprint density at radius 1 is 0.905 bits per heavy atom. The fourth-order valence-electron chi connectivity index (χ4n) is 19.3. The zero-order chi connectivity index (χ0) is 58.3. The third-order valence-corrected chi connectivity index (χ3v) is 23.3. The number of ketones is 2. The minimum absolute atomic E-state index is 0.00823. The quantitative estimate of drug-likeness (QED) is 0.0376. The van der Waals surface area contributed by atoms with Crippen molar-refractivity contribution in [3.8, 4) is 23.3 Å². The van der Waals surface area contributed by atoms with E-state index < -0.39 is 35.9 Å². The number of aromatic amines is 1. The van der Waals surface area contributed by atoms with Crippen LogP contribution in [0, 0.1) is 64.6 Å². The molecule has 7 aliphatic carbocycles. The van der Waals surface area contributed by atoms with Crippen molar-refractivity contribution >= 4 is 22.3 Å². The van der Waals surface area contributed by atoms with Gasteiger partial charge in [0.1, 0.15) is 11.2 Å². The molecule has 13 rings (SSSR count). The Kier molecular flexibility index (Phi) is 15.7. The Labute approximate surface area is 494 Å². The van der Waals surface area contributed by atoms with Crippen LogP contribution in [0.4, 0.5) is 0 Å². The number of fused-ring (bicyclic) bond motifs is 3. The van der Waals surface area contributed by atoms with E-state index in [0.29, 0.717) is 61.7 Å². The summed E-state index contributed by atoms with van der Waals surface area (Å²) in [4.78, 5) is 33.2. The van der Waals surface area contributed by atoms with E-state index in [1.807, 2.05) is 18.2 Å². The Bertz CT molecular complexity index is 3290. The van der Waals surface area contributed by atoms with Gasteiger partial charge in [0, 0.05) is 72.4 Å². The largest absolute Gasteiger partial charge is 0.504 e. The number of aromatic hydroxyl groups is 1. The molecule has 12 N–H and O–H groups in total. The number of rotatable bonds is 16. The highest BCUT2D eigenvalue weighted by Gasteiger charge is 2.65. The highest BCUT2D eigenvalue weighted by Crippen LogP contribution is 2.68. The molecule has 1 saturated heterocycles. The molecule has 3 heterocycles. The van der Waals surface area contributed by atoms with E-state index in [1.165, 1.54) is 42.3 Å². The number of phenolic OH excluding ortho intramolecular Hbond substituents is 1. The number of allylic oxidation sites excluding steroid dienone is 2. The van der Waals surface area contributed by atoms with Crippen LogP contribution in [-0.2, 0) is 22.4 Å². The summed E-state index contributed by atoms with van der Waals surface area (Å²) in [5.41, 5.74) is 13.6. The van der Waals surface area contributed by atoms with Crippen LogP contribution in [0.3, 0.4) is 0 Å². The zero-order valence-corrected chi connectivity index (χ0v) is 49.3. The van der Waals surface area contributed by atoms with Crippen LogP contribution in [0.25, 0.3) is 10.8 Å². The molecule has 448 valence electrons. The van der Waals surface area contributed by atoms with Crippen LogP contribution in [0.2, 0.25) is 0 Å². The van der Waals surface area contributed by atoms with Gasteiger partial charge in [-0.1, -0.05) is 74.1 Å². The number of benzene rings is 3. The molecule has 4 saturated carbocycles. The Morgan fingerprint density at radius 2 is 1.71 bits per heavy atom. The molecular weight excluding hydrogens is 1050 g/mol. The summed E-state index contributed by atoms with van der Waals surface area (Å²) >= 11 is 0. The molecule has 3 aromatic carbocycles. The number of carbonyl (C=O) groups is 2. The van der Waals surface area contributed by atoms with E-state index >= 15 is 4.79 Å². The number of carbonyl (C=O) groups excluding carboxylic acids is 2. The van der Waals surface area contributed by atoms with Gasteiger partial charge in [-0.25, -0.2) is 0 Å². The number of hydrogen-bond acceptors (Lipinski definition) is 13. The van der Waals surface area contributed by atoms with Gasteiger partial charge < -0.3 is 62.0 Å². The highest BCUT2D eigenvalue weighted by atomic mass is 16.5. The number of aliphatic hydroxyl groups is 5. The maximum Gasteiger partial charge on any atom is 0.160 e. The third kappa shape index (κ3) is 10.1. The SMILES string of the molecule is CCC1=C(C(CC(O)C(O)CC2C#CC3(CCC(C4C(CCC(O)O)C5CNC6CC(=O)C7CCc8c[nH]c9c8C7C6C5C9C4CNC4(C)CCCC4)CC3O)C(=O)CCc3cc(OC)c(O)cc32)c2ccc3ccccc3c2)C=C(N)NC1. The van der Waals surface area contributed by atoms with E-state index in [0.717, 1.165) is 72.7 Å². The van der Waals surface area contributed by atoms with Gasteiger partial charge in [0.25, 0.3) is 0 Å². The summed E-state index contributed by atoms with van der Waals surface area (Å²) in [6.07, 6.45) is 9.52. The van der Waals surface area contributed by atoms with Crippen LogP contribution >= 0.6 is 0 Å². The van der Waals surface area contributed by atoms with Crippen molar-refractivity contribution in [3.05, 3.63) is 117 Å². The topological polar surface area (TPSA) is 243 Å². The van der Waals surface area contributed by atoms with Crippen LogP contribution in [-0.4, -0.2) is 110 Å². The molecule has 14 nitrogen and oxygen atoms in total. The summed E-state index contributed by atoms with van der Waals surface area (Å²) in [5.74, 6) is 8.27. The summed E-state index contributed by atoms with van der Waals surface area (Å²) in [6.45, 7) is 6.59. The van der Waals surface area contributed by atoms with Gasteiger partial charge in [0.05, 0.1) is 31.2 Å². The Balaban J connectivity index is 0.845. The number of Topliss-reactive ketones (excluding diaryl/α,β-unsaturated/α-hetero) is 2. The molecule has 4 aromatic rings. The van der Waals surface area contributed by atoms with Crippen LogP contribution < -0.4 is 26.4 Å². The highest BCUT2D eigenvalue weighted by molar-refractivity contribution is 5.89. The van der Waals surface area contributed by atoms with Crippen molar-refractivity contribution in [2.24, 2.45) is 58.5 Å². The lowest BCUT2D eigenvalue weighted by molar-refractivity contribution is -0.146. The van der Waals surface area contributed by atoms with Crippen molar-refractivity contribution in [3.63, 3.8) is 0 Å². The van der Waals surface area contributed by atoms with E-state index in [2.05, 4.69) is 83.2 Å². The smallest absolute Gasteiger partial charge is 0.160 e. The Morgan fingerprint density at radius 3 is 2.49 bits per heavy atom. The molecule has 9 aliphatic rings. The summed E-state index contributed by atoms with van der Waals surface area (Å²) < 4.78 is 5.62. The van der Waals surface area contributed by atoms with Crippen LogP contribution in [0.1, 0.15) is 167 Å². The monoisotopic (exact) mass is 1140 g/mol. The molecule has 0 amide bonds. The molecule has 1 spiro atoms. The normalized spacial score (nSPS) is 34.1. The number of phenols is 1. The van der Waals surface area contributed by atoms with E-state index in [-0.39, 0.29) is 120 Å². The predicted octanol–water partition coefficient (Wildman–Crippen LogP) is 8.14. The number of aromatic nitrogens is 1. The molecule has 0 radical (unpaired) electrons. The van der Waals surface area contributed by atoms with Gasteiger partial charge >= 0.3 is 0 Å². The third-order valence-electron chi connectivity index (χ3n) is 23.3. The maximum absolute atomic E-state index is 15.3. The van der Waals surface area contributed by atoms with Gasteiger partial charge in [-0.05, 0) is 213 Å². The first kappa shape index (κ1) is 57.6. The predicted molar refractivity (Wildman–Crippen MR) is 323 cm³/mol. The number of nitrogens with one attached hydrogen (secondary N) is 4. The first-order chi connectivity index (χ1) is 40.6. The summed E-state index contributed by atoms with van der Waals surface area (Å²) in [7, 11) is 1.49. The molecule has 5 fully saturated rings. The minimum atomic E-state index is -1.46. The van der Waals surface area contributed by atoms with Crippen molar-refractivity contribution in [1.82, 2.24) is 20.9 Å². The summed E-state index contributed by atoms with van der Waals surface area (Å²) in [6, 6.07) is 18.0. The second-order valence-electron chi connectivity index (χ2n) is 27.6. The lowest BCUT2D eigenvalue weighted by atomic mass is 9.41. The average molecular weight is 1140 g/mol. The first-order valence-corrected chi connectivity index (χ1v) is 32.1. The van der Waals surface area contributed by atoms with E-state index in [4.69, 9.17) is 10.5 Å². The van der Waals surface area contributed by atoms with Crippen LogP contribution in [0.15, 0.2) is 83.8 Å². The molecular formula is C70H89N5O9. The molecule has 84 heavy (non-hydrogen) atoms. The molecule has 14 heteroatoms. The molecule has 2 aliphatic heterocycles. The first-order valence-electron chi connectivity index (χ1n) is 32.1. The van der Waals surface area contributed by atoms with Crippen molar-refractivity contribution < 1.29 is 45.0 Å². The van der Waals surface area contributed by atoms with Gasteiger partial charge in [-0.3, -0.25) is 9.59 Å². The lowest BCUT2D eigenvalue weighted by Gasteiger charge is -2.65. The number of piperidine rings is 1. The number of aliphatic hydroxyl groups excluding tert-OH is 4. The average Bonchev–Trinajstić information content (AvgIpc) is 1.19. The number of ether oxygens (including phenoxy) is 1. The number of aryl methyl sites for hydroxylation is 2. The van der Waals surface area contributed by atoms with Crippen molar-refractivity contribution in [2.45, 2.75) is 183 Å². The zero-order valence-electron chi connectivity index (χ0n) is 49.3. The number of dihydropyridines is 1. The van der Waals surface area contributed by atoms with E-state index in [9.17, 15) is 35.4 Å². The van der Waals surface area contributed by atoms with E-state index in [1.54, 1.807) is 12.1 Å². The Hall–Kier alpha value is -5.50. The number of nitrogens with two attached hydrogens (primary N) is 1. The van der Waals surface area contributed by atoms with Crippen molar-refractivity contribution in [1.29, 1.82) is 0 Å². The van der Waals surface area contributed by atoms with Gasteiger partial charge in [0.15, 0.2) is 23.6 Å². The van der Waals surface area contributed by atoms with Crippen molar-refractivity contribution in [2.75, 3.05) is 26.7 Å². The van der Waals surface area contributed by atoms with Crippen LogP contribution in [0.5, 0.6) is 11.5 Å². The fraction of sp³-hybridized carbons (Fsp3) is 0.600. The van der Waals surface area contributed by atoms with Gasteiger partial charge in [-0.2, -0.15) is 0 Å². The second kappa shape index (κ2) is 23.0. The summed E-state index contributed by atoms with van der Waals surface area (Å²) in [5, 5.41) is 84.3. The number of hydrogen-bond donors (Lipinski definition) is 11. The minimum Gasteiger partial charge on any atom is -0.504 e. The maximum atomic E-state index is 15.3. The molecule has 1 aromatic heterocycles. The number of methoxy groups -OCH3 is 1. The second-order valence-corrected chi connectivity index (χ2v) is 27.6. The molecule has 0 bridgehead atoms. The molecule has 17 unspecified atom stereocenters. The van der Waals surface area contributed by atoms with Gasteiger partial charge in [-0.15, -0.1) is 0 Å². The standard InChI is InChI=1S/C70H89N5O9/c1-4-37-33-73-60(71)31-49(37)48(40-12-11-38-9-5-6-10-39(38)25-40)30-55(78)54(77)26-42-19-23-70(58(80)17-14-41-27-57(84-3)56(79)29-47(41)42)24-20-43(28-59(70)81)62-45(16-18-61(82)83)50-35-72-52-32-53(76)46-15-13-44-34-74-68-63(44)64(46)67(52)65(50)66(68)51(62)36-75-69(2)21-7-8-22-69/h5-6,9-12,25,27,29,31,34,42-43,45-46,48,50-52,54-55,59,61-62,64-67,72-75,77-79,81-83H,4,7-8,13-18,20-22,24,26,28,30,32-33,35-36,71H2,1-3H3. The molecule has 17 atom stereocenters. The van der Waals surface area contributed by atoms with Gasteiger partial charge in [0.2, 0.25) is 0 Å². The number of H-pyrrole nitrogens is 1. The fourth-order valence-corrected chi connectivity index (χ4v) is 19.3. The lowest BCUT2D eigenvalue weighted by Crippen LogP contribution is -2.67.